The van der Waals surface area contributed by atoms with E-state index < -0.39 is 6.10 Å². The standard InChI is InChI=1S/C16H28N2O2S/c1-12-5-4-6-14(9-12)20-11-13(19)10-18-16(2,3)15-17-7-8-21-15/h7-8,12-14,18-19H,4-6,9-11H2,1-3H3. The fourth-order valence-corrected chi connectivity index (χ4v) is 3.56. The van der Waals surface area contributed by atoms with Crippen LogP contribution in [-0.2, 0) is 10.3 Å². The monoisotopic (exact) mass is 312 g/mol. The summed E-state index contributed by atoms with van der Waals surface area (Å²) in [6, 6.07) is 0. The Bertz CT molecular complexity index is 408. The lowest BCUT2D eigenvalue weighted by Gasteiger charge is -2.29. The lowest BCUT2D eigenvalue weighted by molar-refractivity contribution is -0.0320. The highest BCUT2D eigenvalue weighted by molar-refractivity contribution is 7.09. The second-order valence-corrected chi connectivity index (χ2v) is 7.62. The van der Waals surface area contributed by atoms with Crippen LogP contribution in [-0.4, -0.2) is 35.5 Å². The Morgan fingerprint density at radius 3 is 3.00 bits per heavy atom. The van der Waals surface area contributed by atoms with E-state index >= 15 is 0 Å². The number of hydrogen-bond donors (Lipinski definition) is 2. The summed E-state index contributed by atoms with van der Waals surface area (Å²) in [5.41, 5.74) is -0.214. The van der Waals surface area contributed by atoms with E-state index in [1.807, 2.05) is 11.6 Å². The van der Waals surface area contributed by atoms with Crippen LogP contribution in [0.5, 0.6) is 0 Å². The van der Waals surface area contributed by atoms with Crippen molar-refractivity contribution in [3.05, 3.63) is 16.6 Å². The van der Waals surface area contributed by atoms with Crippen LogP contribution in [0.15, 0.2) is 11.6 Å². The van der Waals surface area contributed by atoms with Crippen molar-refractivity contribution in [2.24, 2.45) is 5.92 Å². The quantitative estimate of drug-likeness (QED) is 0.813. The first kappa shape index (κ1) is 16.9. The summed E-state index contributed by atoms with van der Waals surface area (Å²) in [6.45, 7) is 7.39. The fraction of sp³-hybridized carbons (Fsp3) is 0.812. The van der Waals surface area contributed by atoms with Crippen LogP contribution in [0.4, 0.5) is 0 Å². The maximum atomic E-state index is 10.1. The SMILES string of the molecule is CC1CCCC(OCC(O)CNC(C)(C)c2nccs2)C1. The summed E-state index contributed by atoms with van der Waals surface area (Å²) >= 11 is 1.63. The van der Waals surface area contributed by atoms with Crippen LogP contribution in [0.3, 0.4) is 0 Å². The third kappa shape index (κ3) is 5.33. The molecular formula is C16H28N2O2S. The molecule has 1 saturated carbocycles. The van der Waals surface area contributed by atoms with Gasteiger partial charge in [-0.05, 0) is 32.6 Å². The van der Waals surface area contributed by atoms with E-state index in [4.69, 9.17) is 4.74 Å². The Balaban J connectivity index is 1.68. The molecule has 120 valence electrons. The number of ether oxygens (including phenoxy) is 1. The van der Waals surface area contributed by atoms with Crippen molar-refractivity contribution in [2.75, 3.05) is 13.2 Å². The second-order valence-electron chi connectivity index (χ2n) is 6.72. The minimum absolute atomic E-state index is 0.214. The summed E-state index contributed by atoms with van der Waals surface area (Å²) in [6.07, 6.45) is 6.49. The molecule has 0 spiro atoms. The zero-order chi connectivity index (χ0) is 15.3. The van der Waals surface area contributed by atoms with Crippen molar-refractivity contribution in [1.29, 1.82) is 0 Å². The number of aromatic nitrogens is 1. The minimum Gasteiger partial charge on any atom is -0.389 e. The largest absolute Gasteiger partial charge is 0.389 e. The zero-order valence-electron chi connectivity index (χ0n) is 13.3. The van der Waals surface area contributed by atoms with Crippen LogP contribution in [0, 0.1) is 5.92 Å². The van der Waals surface area contributed by atoms with Gasteiger partial charge in [-0.1, -0.05) is 19.8 Å². The van der Waals surface area contributed by atoms with E-state index in [0.717, 1.165) is 23.8 Å². The highest BCUT2D eigenvalue weighted by Gasteiger charge is 2.24. The minimum atomic E-state index is -0.471. The molecule has 2 N–H and O–H groups in total. The molecule has 3 atom stereocenters. The topological polar surface area (TPSA) is 54.4 Å². The van der Waals surface area contributed by atoms with Gasteiger partial charge in [0.15, 0.2) is 0 Å². The second kappa shape index (κ2) is 7.68. The summed E-state index contributed by atoms with van der Waals surface area (Å²) in [4.78, 5) is 4.34. The van der Waals surface area contributed by atoms with Gasteiger partial charge in [0.1, 0.15) is 5.01 Å². The summed E-state index contributed by atoms with van der Waals surface area (Å²) in [5, 5.41) is 16.5. The molecular weight excluding hydrogens is 284 g/mol. The van der Waals surface area contributed by atoms with E-state index in [9.17, 15) is 5.11 Å². The molecule has 1 aromatic heterocycles. The van der Waals surface area contributed by atoms with Crippen LogP contribution in [0.1, 0.15) is 51.5 Å². The molecule has 0 amide bonds. The molecule has 1 aromatic rings. The predicted octanol–water partition coefficient (Wildman–Crippen LogP) is 2.92. The predicted molar refractivity (Wildman–Crippen MR) is 86.5 cm³/mol. The molecule has 1 aliphatic rings. The lowest BCUT2D eigenvalue weighted by atomic mass is 9.89. The van der Waals surface area contributed by atoms with Crippen LogP contribution in [0.2, 0.25) is 0 Å². The summed E-state index contributed by atoms with van der Waals surface area (Å²) in [7, 11) is 0. The maximum absolute atomic E-state index is 10.1. The molecule has 5 heteroatoms. The lowest BCUT2D eigenvalue weighted by Crippen LogP contribution is -2.42. The smallest absolute Gasteiger partial charge is 0.112 e. The van der Waals surface area contributed by atoms with Gasteiger partial charge in [-0.25, -0.2) is 4.98 Å². The Morgan fingerprint density at radius 1 is 1.52 bits per heavy atom. The number of nitrogens with one attached hydrogen (secondary N) is 1. The first-order valence-electron chi connectivity index (χ1n) is 7.92. The van der Waals surface area contributed by atoms with E-state index in [2.05, 4.69) is 31.1 Å². The third-order valence-electron chi connectivity index (χ3n) is 4.16. The van der Waals surface area contributed by atoms with Gasteiger partial charge >= 0.3 is 0 Å². The normalized spacial score (nSPS) is 25.0. The van der Waals surface area contributed by atoms with Gasteiger partial charge in [0, 0.05) is 18.1 Å². The summed E-state index contributed by atoms with van der Waals surface area (Å²) < 4.78 is 5.87. The molecule has 1 aliphatic carbocycles. The molecule has 0 aromatic carbocycles. The highest BCUT2D eigenvalue weighted by Crippen LogP contribution is 2.26. The number of rotatable bonds is 7. The van der Waals surface area contributed by atoms with Gasteiger partial charge in [0.05, 0.1) is 24.4 Å². The van der Waals surface area contributed by atoms with Crippen molar-refractivity contribution < 1.29 is 9.84 Å². The van der Waals surface area contributed by atoms with Crippen molar-refractivity contribution in [3.8, 4) is 0 Å². The third-order valence-corrected chi connectivity index (χ3v) is 5.26. The van der Waals surface area contributed by atoms with E-state index in [-0.39, 0.29) is 5.54 Å². The molecule has 0 radical (unpaired) electrons. The van der Waals surface area contributed by atoms with Crippen molar-refractivity contribution in [2.45, 2.75) is 64.2 Å². The van der Waals surface area contributed by atoms with E-state index in [1.165, 1.54) is 12.8 Å². The first-order valence-corrected chi connectivity index (χ1v) is 8.80. The molecule has 1 heterocycles. The van der Waals surface area contributed by atoms with Crippen LogP contribution in [0.25, 0.3) is 0 Å². The molecule has 0 saturated heterocycles. The molecule has 21 heavy (non-hydrogen) atoms. The molecule has 2 rings (SSSR count). The zero-order valence-corrected chi connectivity index (χ0v) is 14.2. The number of thiazole rings is 1. The van der Waals surface area contributed by atoms with Crippen molar-refractivity contribution >= 4 is 11.3 Å². The van der Waals surface area contributed by atoms with Gasteiger partial charge in [0.25, 0.3) is 0 Å². The van der Waals surface area contributed by atoms with Gasteiger partial charge in [-0.3, -0.25) is 0 Å². The summed E-state index contributed by atoms with van der Waals surface area (Å²) in [5.74, 6) is 0.753. The Kier molecular flexibility index (Phi) is 6.17. The molecule has 3 unspecified atom stereocenters. The maximum Gasteiger partial charge on any atom is 0.112 e. The Hall–Kier alpha value is -0.490. The van der Waals surface area contributed by atoms with Crippen molar-refractivity contribution in [1.82, 2.24) is 10.3 Å². The number of aliphatic hydroxyl groups is 1. The Labute approximate surface area is 131 Å². The van der Waals surface area contributed by atoms with E-state index in [0.29, 0.717) is 19.3 Å². The first-order chi connectivity index (χ1) is 9.97. The average Bonchev–Trinajstić information content (AvgIpc) is 2.98. The molecule has 1 fully saturated rings. The van der Waals surface area contributed by atoms with Crippen LogP contribution < -0.4 is 5.32 Å². The average molecular weight is 312 g/mol. The van der Waals surface area contributed by atoms with Gasteiger partial charge in [-0.2, -0.15) is 0 Å². The van der Waals surface area contributed by atoms with Crippen molar-refractivity contribution in [3.63, 3.8) is 0 Å². The molecule has 0 bridgehead atoms. The van der Waals surface area contributed by atoms with Gasteiger partial charge < -0.3 is 15.2 Å². The van der Waals surface area contributed by atoms with E-state index in [1.54, 1.807) is 11.3 Å². The number of aliphatic hydroxyl groups excluding tert-OH is 1. The molecule has 0 aliphatic heterocycles. The Morgan fingerprint density at radius 2 is 2.33 bits per heavy atom. The van der Waals surface area contributed by atoms with Gasteiger partial charge in [0.2, 0.25) is 0 Å². The van der Waals surface area contributed by atoms with Gasteiger partial charge in [-0.15, -0.1) is 11.3 Å². The number of nitrogens with zero attached hydrogens (tertiary/aromatic N) is 1. The molecule has 4 nitrogen and oxygen atoms in total. The number of hydrogen-bond acceptors (Lipinski definition) is 5. The fourth-order valence-electron chi connectivity index (χ4n) is 2.82. The van der Waals surface area contributed by atoms with Crippen LogP contribution >= 0.6 is 11.3 Å². The highest BCUT2D eigenvalue weighted by atomic mass is 32.1.